The van der Waals surface area contributed by atoms with Gasteiger partial charge >= 0.3 is 0 Å². The van der Waals surface area contributed by atoms with Crippen LogP contribution in [-0.2, 0) is 5.21 Å². The fourth-order valence-electron chi connectivity index (χ4n) is 1.40. The summed E-state index contributed by atoms with van der Waals surface area (Å²) >= 11 is 0. The van der Waals surface area contributed by atoms with E-state index in [4.69, 9.17) is 46.6 Å². The average molecular weight is 204 g/mol. The highest BCUT2D eigenvalue weighted by Crippen LogP contribution is 2.36. The normalized spacial score (nSPS) is 15.1. The van der Waals surface area contributed by atoms with Crippen LogP contribution in [0.5, 0.6) is 11.5 Å². The van der Waals surface area contributed by atoms with E-state index in [2.05, 4.69) is 0 Å². The van der Waals surface area contributed by atoms with Crippen LogP contribution in [0, 0.1) is 0 Å². The van der Waals surface area contributed by atoms with Crippen LogP contribution in [-0.4, -0.2) is 43.5 Å². The van der Waals surface area contributed by atoms with Crippen LogP contribution >= 0.6 is 0 Å². The molecule has 1 aromatic rings. The maximum atomic E-state index is 5.82. The molecule has 0 fully saturated rings. The maximum Gasteiger partial charge on any atom is 0.231 e. The van der Waals surface area contributed by atoms with Gasteiger partial charge < -0.3 is 15.2 Å². The first kappa shape index (κ1) is 11.5. The molecule has 1 aliphatic rings. The van der Waals surface area contributed by atoms with E-state index >= 15 is 0 Å². The molecule has 0 amide bonds. The lowest BCUT2D eigenvalue weighted by molar-refractivity contribution is 0.174. The molecule has 0 aromatic heterocycles. The summed E-state index contributed by atoms with van der Waals surface area (Å²) in [6.07, 6.45) is 0. The van der Waals surface area contributed by atoms with Gasteiger partial charge in [-0.2, -0.15) is 0 Å². The van der Waals surface area contributed by atoms with E-state index in [0.717, 1.165) is 0 Å². The van der Waals surface area contributed by atoms with Crippen LogP contribution in [0.2, 0.25) is 0 Å². The van der Waals surface area contributed by atoms with Crippen LogP contribution in [0.4, 0.5) is 0 Å². The number of hydrogen-bond donors (Lipinski definition) is 1. The molecule has 2 rings (SSSR count). The number of benzene rings is 1. The number of ether oxygens (including phenoxy) is 2. The van der Waals surface area contributed by atoms with E-state index in [1.54, 1.807) is 18.2 Å². The number of nitrogens with two attached hydrogens (primary N) is 1. The molecule has 2 N–H and O–H groups in total. The minimum atomic E-state index is -1.74. The third-order valence-electron chi connectivity index (χ3n) is 2.57. The first-order chi connectivity index (χ1) is 7.32. The Bertz CT molecular complexity index is 416. The first-order valence-corrected chi connectivity index (χ1v) is 4.67. The van der Waals surface area contributed by atoms with Crippen LogP contribution in [0.1, 0.15) is 5.56 Å². The van der Waals surface area contributed by atoms with Gasteiger partial charge in [0, 0.05) is 0 Å². The zero-order valence-electron chi connectivity index (χ0n) is 8.64. The summed E-state index contributed by atoms with van der Waals surface area (Å²) in [4.78, 5) is 0. The molecule has 0 unspecified atom stereocenters. The zero-order valence-corrected chi connectivity index (χ0v) is 8.64. The maximum absolute atomic E-state index is 5.82. The van der Waals surface area contributed by atoms with Gasteiger partial charge in [-0.3, -0.25) is 0 Å². The predicted molar refractivity (Wildman–Crippen MR) is 64.2 cm³/mol. The van der Waals surface area contributed by atoms with Gasteiger partial charge in [-0.15, -0.1) is 0 Å². The first-order valence-electron chi connectivity index (χ1n) is 4.67. The SMILES string of the molecule is [B]C([B])(N)C([B])([B])c1ccc2c(c1)OCO2. The molecule has 0 bridgehead atoms. The van der Waals surface area contributed by atoms with Gasteiger partial charge in [0.05, 0.1) is 31.4 Å². The third-order valence-corrected chi connectivity index (χ3v) is 2.57. The van der Waals surface area contributed by atoms with Crippen molar-refractivity contribution in [2.75, 3.05) is 6.79 Å². The van der Waals surface area contributed by atoms with E-state index in [1.165, 1.54) is 0 Å². The minimum absolute atomic E-state index is 0.167. The van der Waals surface area contributed by atoms with Gasteiger partial charge in [0.25, 0.3) is 0 Å². The molecular weight excluding hydrogens is 197 g/mol. The average Bonchev–Trinajstić information content (AvgIpc) is 2.61. The molecule has 8 radical (unpaired) electrons. The predicted octanol–water partition coefficient (Wildman–Crippen LogP) is -1.15. The van der Waals surface area contributed by atoms with Gasteiger partial charge in [0.1, 0.15) is 0 Å². The fourth-order valence-corrected chi connectivity index (χ4v) is 1.40. The molecule has 0 aliphatic carbocycles. The molecule has 1 aliphatic heterocycles. The lowest BCUT2D eigenvalue weighted by Gasteiger charge is -2.41. The van der Waals surface area contributed by atoms with Crippen molar-refractivity contribution in [2.45, 2.75) is 10.6 Å². The number of hydrogen-bond acceptors (Lipinski definition) is 3. The van der Waals surface area contributed by atoms with E-state index in [0.29, 0.717) is 17.1 Å². The van der Waals surface area contributed by atoms with E-state index in [9.17, 15) is 0 Å². The van der Waals surface area contributed by atoms with Crippen molar-refractivity contribution in [1.82, 2.24) is 0 Å². The smallest absolute Gasteiger partial charge is 0.231 e. The monoisotopic (exact) mass is 205 g/mol. The van der Waals surface area contributed by atoms with Gasteiger partial charge in [-0.05, 0) is 12.1 Å². The molecule has 1 heterocycles. The Hall–Kier alpha value is -0.960. The van der Waals surface area contributed by atoms with Crippen molar-refractivity contribution < 1.29 is 9.47 Å². The second-order valence-electron chi connectivity index (χ2n) is 3.87. The molecule has 1 aromatic carbocycles. The van der Waals surface area contributed by atoms with E-state index in [1.807, 2.05) is 0 Å². The van der Waals surface area contributed by atoms with Crippen LogP contribution < -0.4 is 15.2 Å². The van der Waals surface area contributed by atoms with Gasteiger partial charge in [-0.1, -0.05) is 22.2 Å². The van der Waals surface area contributed by atoms with Crippen molar-refractivity contribution in [3.8, 4) is 11.5 Å². The van der Waals surface area contributed by atoms with Crippen molar-refractivity contribution in [1.29, 1.82) is 0 Å². The van der Waals surface area contributed by atoms with E-state index < -0.39 is 10.6 Å². The van der Waals surface area contributed by atoms with Gasteiger partial charge in [-0.25, -0.2) is 0 Å². The zero-order chi connectivity index (χ0) is 12.0. The summed E-state index contributed by atoms with van der Waals surface area (Å²) in [7, 11) is 22.7. The molecule has 16 heavy (non-hydrogen) atoms. The van der Waals surface area contributed by atoms with Crippen LogP contribution in [0.15, 0.2) is 18.2 Å². The summed E-state index contributed by atoms with van der Waals surface area (Å²) in [5, 5.41) is -3.30. The third kappa shape index (κ3) is 1.73. The Morgan fingerprint density at radius 1 is 1.06 bits per heavy atom. The largest absolute Gasteiger partial charge is 0.454 e. The number of rotatable bonds is 2. The Morgan fingerprint density at radius 3 is 2.31 bits per heavy atom. The van der Waals surface area contributed by atoms with Gasteiger partial charge in [0.15, 0.2) is 11.5 Å². The van der Waals surface area contributed by atoms with Crippen molar-refractivity contribution in [2.24, 2.45) is 5.73 Å². The Labute approximate surface area is 99.7 Å². The molecule has 0 atom stereocenters. The Balaban J connectivity index is 2.42. The second kappa shape index (κ2) is 3.52. The molecule has 7 heteroatoms. The molecule has 0 spiro atoms. The highest BCUT2D eigenvalue weighted by molar-refractivity contribution is 6.54. The topological polar surface area (TPSA) is 44.5 Å². The highest BCUT2D eigenvalue weighted by Gasteiger charge is 2.33. The van der Waals surface area contributed by atoms with Crippen molar-refractivity contribution in [3.63, 3.8) is 0 Å². The fraction of sp³-hybridized carbons (Fsp3) is 0.333. The molecule has 0 saturated carbocycles. The van der Waals surface area contributed by atoms with Gasteiger partial charge in [0.2, 0.25) is 6.79 Å². The Kier molecular flexibility index (Phi) is 2.54. The lowest BCUT2D eigenvalue weighted by Crippen LogP contribution is -2.60. The van der Waals surface area contributed by atoms with Crippen LogP contribution in [0.3, 0.4) is 0 Å². The highest BCUT2D eigenvalue weighted by atomic mass is 16.7. The molecular formula is C9H7B4NO2. The molecule has 72 valence electrons. The quantitative estimate of drug-likeness (QED) is 0.619. The van der Waals surface area contributed by atoms with Crippen molar-refractivity contribution in [3.05, 3.63) is 23.8 Å². The van der Waals surface area contributed by atoms with E-state index in [-0.39, 0.29) is 6.79 Å². The molecule has 0 saturated heterocycles. The van der Waals surface area contributed by atoms with Crippen molar-refractivity contribution >= 4 is 31.4 Å². The Morgan fingerprint density at radius 2 is 1.69 bits per heavy atom. The summed E-state index contributed by atoms with van der Waals surface area (Å²) in [6.45, 7) is 0.167. The summed E-state index contributed by atoms with van der Waals surface area (Å²) in [6, 6.07) is 4.94. The summed E-state index contributed by atoms with van der Waals surface area (Å²) in [5.41, 5.74) is 6.00. The lowest BCUT2D eigenvalue weighted by atomic mass is 9.32. The van der Waals surface area contributed by atoms with Crippen LogP contribution in [0.25, 0.3) is 0 Å². The summed E-state index contributed by atoms with van der Waals surface area (Å²) < 4.78 is 10.3. The molecule has 3 nitrogen and oxygen atoms in total. The summed E-state index contributed by atoms with van der Waals surface area (Å²) in [5.74, 6) is 1.17. The minimum Gasteiger partial charge on any atom is -0.454 e. The second-order valence-corrected chi connectivity index (χ2v) is 3.87. The standard InChI is InChI=1S/C9H7B4NO2/c10-8(11,9(12,13)14)5-1-2-6-7(3-5)16-4-15-6/h1-3H,4,14H2. The number of fused-ring (bicyclic) bond motifs is 1.